The summed E-state index contributed by atoms with van der Waals surface area (Å²) >= 11 is 0. The van der Waals surface area contributed by atoms with E-state index in [2.05, 4.69) is 17.1 Å². The highest BCUT2D eigenvalue weighted by molar-refractivity contribution is 7.79. The number of aliphatic imine (C=N–C) groups is 1. The van der Waals surface area contributed by atoms with E-state index in [0.717, 1.165) is 6.42 Å². The van der Waals surface area contributed by atoms with E-state index in [9.17, 15) is 0 Å². The summed E-state index contributed by atoms with van der Waals surface area (Å²) in [6.07, 6.45) is 0.888. The van der Waals surface area contributed by atoms with Crippen LogP contribution in [-0.4, -0.2) is 30.0 Å². The van der Waals surface area contributed by atoms with Gasteiger partial charge in [-0.05, 0) is 12.0 Å². The van der Waals surface area contributed by atoms with Crippen LogP contribution in [0.5, 0.6) is 0 Å². The van der Waals surface area contributed by atoms with E-state index < -0.39 is 10.4 Å². The zero-order valence-corrected chi connectivity index (χ0v) is 9.84. The average molecular weight is 261 g/mol. The third kappa shape index (κ3) is 14.4. The van der Waals surface area contributed by atoms with Crippen LogP contribution >= 0.6 is 0 Å². The number of nitrogens with zero attached hydrogens (tertiary/aromatic N) is 1. The summed E-state index contributed by atoms with van der Waals surface area (Å²) in [5.41, 5.74) is 11.6. The van der Waals surface area contributed by atoms with Crippen molar-refractivity contribution in [3.05, 3.63) is 35.9 Å². The fraction of sp³-hybridized carbons (Fsp3) is 0.222. The molecule has 6 N–H and O–H groups in total. The van der Waals surface area contributed by atoms with Gasteiger partial charge in [-0.1, -0.05) is 30.3 Å². The molecular weight excluding hydrogens is 246 g/mol. The Morgan fingerprint density at radius 1 is 1.18 bits per heavy atom. The summed E-state index contributed by atoms with van der Waals surface area (Å²) in [5.74, 6) is 0.158. The van der Waals surface area contributed by atoms with Crippen molar-refractivity contribution in [3.63, 3.8) is 0 Å². The molecule has 8 heteroatoms. The van der Waals surface area contributed by atoms with Gasteiger partial charge >= 0.3 is 10.4 Å². The molecule has 0 aromatic heterocycles. The maximum Gasteiger partial charge on any atom is 0.394 e. The second-order valence-corrected chi connectivity index (χ2v) is 3.89. The molecule has 1 rings (SSSR count). The van der Waals surface area contributed by atoms with Crippen LogP contribution in [0.4, 0.5) is 0 Å². The lowest BCUT2D eigenvalue weighted by atomic mass is 10.2. The van der Waals surface area contributed by atoms with Crippen LogP contribution in [-0.2, 0) is 16.8 Å². The second-order valence-electron chi connectivity index (χ2n) is 2.99. The predicted molar refractivity (Wildman–Crippen MR) is 65.0 cm³/mol. The minimum absolute atomic E-state index is 0.158. The van der Waals surface area contributed by atoms with Crippen LogP contribution in [0.2, 0.25) is 0 Å². The SMILES string of the molecule is NC(N)=NCCc1ccccc1.O=S(=O)(O)O. The molecule has 0 saturated heterocycles. The van der Waals surface area contributed by atoms with Gasteiger partial charge in [-0.15, -0.1) is 0 Å². The van der Waals surface area contributed by atoms with E-state index in [1.165, 1.54) is 5.56 Å². The first-order chi connectivity index (χ1) is 7.79. The molecule has 0 fully saturated rings. The monoisotopic (exact) mass is 261 g/mol. The van der Waals surface area contributed by atoms with Crippen molar-refractivity contribution in [2.45, 2.75) is 6.42 Å². The molecule has 0 heterocycles. The molecule has 7 nitrogen and oxygen atoms in total. The van der Waals surface area contributed by atoms with E-state index in [-0.39, 0.29) is 5.96 Å². The van der Waals surface area contributed by atoms with Gasteiger partial charge < -0.3 is 11.5 Å². The van der Waals surface area contributed by atoms with Crippen LogP contribution in [0.15, 0.2) is 35.3 Å². The molecule has 0 aliphatic heterocycles. The summed E-state index contributed by atoms with van der Waals surface area (Å²) in [4.78, 5) is 3.89. The largest absolute Gasteiger partial charge is 0.394 e. The summed E-state index contributed by atoms with van der Waals surface area (Å²) in [6.45, 7) is 0.659. The zero-order chi connectivity index (χ0) is 13.3. The van der Waals surface area contributed by atoms with Crippen LogP contribution in [0.25, 0.3) is 0 Å². The maximum atomic E-state index is 8.74. The Morgan fingerprint density at radius 3 is 2.06 bits per heavy atom. The van der Waals surface area contributed by atoms with Gasteiger partial charge in [0.2, 0.25) is 0 Å². The third-order valence-corrected chi connectivity index (χ3v) is 1.54. The summed E-state index contributed by atoms with van der Waals surface area (Å²) in [7, 11) is -4.67. The van der Waals surface area contributed by atoms with Crippen molar-refractivity contribution in [2.75, 3.05) is 6.54 Å². The Balaban J connectivity index is 0.000000437. The molecular formula is C9H15N3O4S. The normalized spacial score (nSPS) is 10.0. The highest BCUT2D eigenvalue weighted by Crippen LogP contribution is 1.98. The lowest BCUT2D eigenvalue weighted by Gasteiger charge is -1.96. The molecule has 96 valence electrons. The molecule has 0 aliphatic rings. The van der Waals surface area contributed by atoms with Gasteiger partial charge in [0.15, 0.2) is 5.96 Å². The first kappa shape index (κ1) is 15.4. The Hall–Kier alpha value is -1.64. The van der Waals surface area contributed by atoms with Crippen molar-refractivity contribution in [3.8, 4) is 0 Å². The summed E-state index contributed by atoms with van der Waals surface area (Å²) in [6, 6.07) is 10.1. The third-order valence-electron chi connectivity index (χ3n) is 1.54. The molecule has 0 radical (unpaired) electrons. The van der Waals surface area contributed by atoms with Crippen LogP contribution < -0.4 is 11.5 Å². The number of benzene rings is 1. The number of nitrogens with two attached hydrogens (primary N) is 2. The molecule has 0 aliphatic carbocycles. The number of guanidine groups is 1. The van der Waals surface area contributed by atoms with Crippen molar-refractivity contribution in [2.24, 2.45) is 16.5 Å². The van der Waals surface area contributed by atoms with Gasteiger partial charge in [0.05, 0.1) is 0 Å². The van der Waals surface area contributed by atoms with Crippen molar-refractivity contribution in [1.29, 1.82) is 0 Å². The highest BCUT2D eigenvalue weighted by Gasteiger charge is 1.88. The molecule has 0 unspecified atom stereocenters. The second kappa shape index (κ2) is 7.60. The van der Waals surface area contributed by atoms with Crippen molar-refractivity contribution >= 4 is 16.4 Å². The van der Waals surface area contributed by atoms with E-state index in [1.807, 2.05) is 18.2 Å². The molecule has 0 atom stereocenters. The molecule has 0 bridgehead atoms. The van der Waals surface area contributed by atoms with E-state index in [1.54, 1.807) is 0 Å². The van der Waals surface area contributed by atoms with Gasteiger partial charge in [-0.3, -0.25) is 14.1 Å². The average Bonchev–Trinajstić information content (AvgIpc) is 2.16. The standard InChI is InChI=1S/C9H13N3.H2O4S/c10-9(11)12-7-6-8-4-2-1-3-5-8;1-5(2,3)4/h1-5H,6-7H2,(H4,10,11,12);(H2,1,2,3,4). The van der Waals surface area contributed by atoms with Crippen molar-refractivity contribution in [1.82, 2.24) is 0 Å². The van der Waals surface area contributed by atoms with E-state index in [4.69, 9.17) is 29.0 Å². The first-order valence-electron chi connectivity index (χ1n) is 4.58. The number of rotatable bonds is 3. The smallest absolute Gasteiger partial charge is 0.370 e. The lowest BCUT2D eigenvalue weighted by Crippen LogP contribution is -2.23. The van der Waals surface area contributed by atoms with Crippen LogP contribution in [0.3, 0.4) is 0 Å². The molecule has 0 amide bonds. The fourth-order valence-electron chi connectivity index (χ4n) is 0.959. The Kier molecular flexibility index (Phi) is 6.87. The highest BCUT2D eigenvalue weighted by atomic mass is 32.3. The van der Waals surface area contributed by atoms with E-state index in [0.29, 0.717) is 6.54 Å². The summed E-state index contributed by atoms with van der Waals surface area (Å²) in [5, 5.41) is 0. The van der Waals surface area contributed by atoms with Gasteiger partial charge in [-0.2, -0.15) is 8.42 Å². The minimum Gasteiger partial charge on any atom is -0.370 e. The predicted octanol–water partition coefficient (Wildman–Crippen LogP) is -0.150. The van der Waals surface area contributed by atoms with Gasteiger partial charge in [-0.25, -0.2) is 0 Å². The van der Waals surface area contributed by atoms with E-state index >= 15 is 0 Å². The molecule has 17 heavy (non-hydrogen) atoms. The Bertz CT molecular complexity index is 433. The molecule has 0 saturated carbocycles. The van der Waals surface area contributed by atoms with Gasteiger partial charge in [0.25, 0.3) is 0 Å². The summed E-state index contributed by atoms with van der Waals surface area (Å²) < 4.78 is 31.6. The lowest BCUT2D eigenvalue weighted by molar-refractivity contribution is 0.381. The molecule has 0 spiro atoms. The molecule has 1 aromatic carbocycles. The quantitative estimate of drug-likeness (QED) is 0.339. The van der Waals surface area contributed by atoms with Gasteiger partial charge in [0.1, 0.15) is 0 Å². The Labute approximate surface area is 99.7 Å². The maximum absolute atomic E-state index is 8.74. The van der Waals surface area contributed by atoms with Gasteiger partial charge in [0, 0.05) is 6.54 Å². The number of hydrogen-bond acceptors (Lipinski definition) is 3. The minimum atomic E-state index is -4.67. The molecule has 1 aromatic rings. The number of hydrogen-bond donors (Lipinski definition) is 4. The Morgan fingerprint density at radius 2 is 1.65 bits per heavy atom. The topological polar surface area (TPSA) is 139 Å². The fourth-order valence-corrected chi connectivity index (χ4v) is 0.959. The van der Waals surface area contributed by atoms with Crippen molar-refractivity contribution < 1.29 is 17.5 Å². The van der Waals surface area contributed by atoms with Crippen LogP contribution in [0.1, 0.15) is 5.56 Å². The zero-order valence-electron chi connectivity index (χ0n) is 9.02. The van der Waals surface area contributed by atoms with Crippen LogP contribution in [0, 0.1) is 0 Å². The first-order valence-corrected chi connectivity index (χ1v) is 5.98.